The number of nitrogens with two attached hydrogens (primary N) is 1. The molecule has 12 heteroatoms. The van der Waals surface area contributed by atoms with Crippen molar-refractivity contribution < 1.29 is 22.8 Å². The summed E-state index contributed by atoms with van der Waals surface area (Å²) < 4.78 is 42.7. The molecule has 220 valence electrons. The van der Waals surface area contributed by atoms with E-state index in [9.17, 15) is 22.8 Å². The van der Waals surface area contributed by atoms with Crippen LogP contribution in [0.25, 0.3) is 10.2 Å². The van der Waals surface area contributed by atoms with E-state index in [4.69, 9.17) is 5.73 Å². The van der Waals surface area contributed by atoms with Gasteiger partial charge in [0.2, 0.25) is 0 Å². The summed E-state index contributed by atoms with van der Waals surface area (Å²) in [7, 11) is 0. The normalized spacial score (nSPS) is 14.8. The molecule has 5 rings (SSSR count). The Morgan fingerprint density at radius 1 is 1.05 bits per heavy atom. The third kappa shape index (κ3) is 6.45. The molecule has 0 aliphatic carbocycles. The summed E-state index contributed by atoms with van der Waals surface area (Å²) in [5, 5.41) is 4.46. The fourth-order valence-electron chi connectivity index (χ4n) is 5.08. The first-order chi connectivity index (χ1) is 20.0. The van der Waals surface area contributed by atoms with Crippen LogP contribution < -0.4 is 11.1 Å². The number of anilines is 2. The maximum atomic E-state index is 14.0. The number of piperazine rings is 1. The van der Waals surface area contributed by atoms with E-state index < -0.39 is 17.6 Å². The van der Waals surface area contributed by atoms with Crippen LogP contribution >= 0.6 is 11.3 Å². The molecule has 3 N–H and O–H groups in total. The van der Waals surface area contributed by atoms with Gasteiger partial charge in [-0.2, -0.15) is 13.2 Å². The van der Waals surface area contributed by atoms with Gasteiger partial charge in [-0.05, 0) is 42.3 Å². The number of ketones is 1. The number of fused-ring (bicyclic) bond motifs is 1. The molecule has 0 bridgehead atoms. The molecule has 0 radical (unpaired) electrons. The third-order valence-electron chi connectivity index (χ3n) is 7.58. The molecule has 42 heavy (non-hydrogen) atoms. The lowest BCUT2D eigenvalue weighted by atomic mass is 9.97. The summed E-state index contributed by atoms with van der Waals surface area (Å²) in [4.78, 5) is 38.7. The largest absolute Gasteiger partial charge is 0.416 e. The molecule has 0 unspecified atom stereocenters. The summed E-state index contributed by atoms with van der Waals surface area (Å²) in [5.74, 6) is -0.499. The number of benzene rings is 2. The molecule has 1 amide bonds. The lowest BCUT2D eigenvalue weighted by Crippen LogP contribution is -2.45. The second-order valence-electron chi connectivity index (χ2n) is 10.4. The van der Waals surface area contributed by atoms with Crippen LogP contribution in [0.2, 0.25) is 0 Å². The number of amides is 1. The average Bonchev–Trinajstić information content (AvgIpc) is 3.40. The van der Waals surface area contributed by atoms with Crippen LogP contribution in [0.1, 0.15) is 49.9 Å². The summed E-state index contributed by atoms with van der Waals surface area (Å²) in [6, 6.07) is 9.01. The zero-order valence-electron chi connectivity index (χ0n) is 23.3. The highest BCUT2D eigenvalue weighted by molar-refractivity contribution is 7.18. The van der Waals surface area contributed by atoms with Gasteiger partial charge in [0.05, 0.1) is 21.3 Å². The maximum Gasteiger partial charge on any atom is 0.416 e. The lowest BCUT2D eigenvalue weighted by Gasteiger charge is -2.34. The molecule has 2 aromatic carbocycles. The zero-order valence-corrected chi connectivity index (χ0v) is 24.1. The van der Waals surface area contributed by atoms with E-state index in [1.54, 1.807) is 36.6 Å². The van der Waals surface area contributed by atoms with Crippen molar-refractivity contribution in [2.75, 3.05) is 43.8 Å². The standard InChI is InChI=1S/C30H31F3N6O2S/c1-3-38-8-10-39(11-9-38)15-21-7-5-19(12-23(21)30(31,32)33)13-25(40)20-6-4-18(2)24(14-20)37-29(41)22-16-42-27-26(22)35-17-36-28(27)34/h4-7,12,14,16-17H,3,8-11,13,15H2,1-2H3,(H,37,41)(H2,34,35,36). The summed E-state index contributed by atoms with van der Waals surface area (Å²) in [6.07, 6.45) is -3.46. The Morgan fingerprint density at radius 2 is 1.79 bits per heavy atom. The van der Waals surface area contributed by atoms with Crippen molar-refractivity contribution >= 4 is 44.7 Å². The van der Waals surface area contributed by atoms with Crippen LogP contribution in [0.4, 0.5) is 24.7 Å². The Balaban J connectivity index is 1.31. The van der Waals surface area contributed by atoms with Crippen molar-refractivity contribution in [3.63, 3.8) is 0 Å². The minimum Gasteiger partial charge on any atom is -0.382 e. The van der Waals surface area contributed by atoms with Crippen LogP contribution in [0.3, 0.4) is 0 Å². The molecule has 0 spiro atoms. The molecule has 1 aliphatic rings. The fourth-order valence-corrected chi connectivity index (χ4v) is 5.98. The van der Waals surface area contributed by atoms with Gasteiger partial charge in [0.15, 0.2) is 5.78 Å². The summed E-state index contributed by atoms with van der Waals surface area (Å²) in [5.41, 5.74) is 7.83. The van der Waals surface area contributed by atoms with E-state index in [2.05, 4.69) is 27.1 Å². The quantitative estimate of drug-likeness (QED) is 0.262. The number of thiophene rings is 1. The number of Topliss-reactive ketones (excluding diaryl/α,β-unsaturated/α-hetero) is 1. The fraction of sp³-hybridized carbons (Fsp3) is 0.333. The number of rotatable bonds is 8. The number of nitrogens with one attached hydrogen (secondary N) is 1. The Bertz CT molecular complexity index is 1630. The minimum atomic E-state index is -4.54. The predicted molar refractivity (Wildman–Crippen MR) is 158 cm³/mol. The van der Waals surface area contributed by atoms with Gasteiger partial charge in [-0.1, -0.05) is 31.2 Å². The van der Waals surface area contributed by atoms with Gasteiger partial charge in [0.25, 0.3) is 5.91 Å². The van der Waals surface area contributed by atoms with Crippen molar-refractivity contribution in [2.24, 2.45) is 0 Å². The van der Waals surface area contributed by atoms with Crippen molar-refractivity contribution in [3.8, 4) is 0 Å². The number of nitrogens with zero attached hydrogens (tertiary/aromatic N) is 4. The second-order valence-corrected chi connectivity index (χ2v) is 11.2. The van der Waals surface area contributed by atoms with Crippen molar-refractivity contribution in [2.45, 2.75) is 33.0 Å². The molecular weight excluding hydrogens is 565 g/mol. The number of nitrogen functional groups attached to an aromatic ring is 1. The van der Waals surface area contributed by atoms with Crippen LogP contribution in [-0.2, 0) is 19.1 Å². The van der Waals surface area contributed by atoms with E-state index >= 15 is 0 Å². The van der Waals surface area contributed by atoms with Gasteiger partial charge in [0, 0.05) is 55.8 Å². The Kier molecular flexibility index (Phi) is 8.58. The molecule has 8 nitrogen and oxygen atoms in total. The first-order valence-corrected chi connectivity index (χ1v) is 14.5. The van der Waals surface area contributed by atoms with Gasteiger partial charge in [-0.25, -0.2) is 9.97 Å². The highest BCUT2D eigenvalue weighted by atomic mass is 32.1. The molecule has 0 atom stereocenters. The maximum absolute atomic E-state index is 14.0. The number of hydrogen-bond donors (Lipinski definition) is 2. The monoisotopic (exact) mass is 596 g/mol. The summed E-state index contributed by atoms with van der Waals surface area (Å²) in [6.45, 7) is 8.07. The molecular formula is C30H31F3N6O2S. The first kappa shape index (κ1) is 29.6. The highest BCUT2D eigenvalue weighted by Crippen LogP contribution is 2.34. The van der Waals surface area contributed by atoms with E-state index in [0.717, 1.165) is 31.3 Å². The number of aromatic nitrogens is 2. The topological polar surface area (TPSA) is 104 Å². The summed E-state index contributed by atoms with van der Waals surface area (Å²) >= 11 is 1.26. The van der Waals surface area contributed by atoms with Crippen LogP contribution in [0.5, 0.6) is 0 Å². The van der Waals surface area contributed by atoms with Crippen molar-refractivity contribution in [1.29, 1.82) is 0 Å². The molecule has 1 aliphatic heterocycles. The number of alkyl halides is 3. The van der Waals surface area contributed by atoms with Gasteiger partial charge < -0.3 is 16.0 Å². The first-order valence-electron chi connectivity index (χ1n) is 13.6. The highest BCUT2D eigenvalue weighted by Gasteiger charge is 2.34. The molecule has 3 heterocycles. The zero-order chi connectivity index (χ0) is 30.0. The number of carbonyl (C=O) groups excluding carboxylic acids is 2. The molecule has 0 saturated carbocycles. The van der Waals surface area contributed by atoms with Gasteiger partial charge >= 0.3 is 6.18 Å². The van der Waals surface area contributed by atoms with Crippen molar-refractivity contribution in [1.82, 2.24) is 19.8 Å². The molecule has 4 aromatic rings. The predicted octanol–water partition coefficient (Wildman–Crippen LogP) is 5.42. The number of likely N-dealkylation sites (N-methyl/N-ethyl adjacent to an activating group) is 1. The lowest BCUT2D eigenvalue weighted by molar-refractivity contribution is -0.138. The third-order valence-corrected chi connectivity index (χ3v) is 8.58. The minimum absolute atomic E-state index is 0.206. The van der Waals surface area contributed by atoms with Crippen molar-refractivity contribution in [3.05, 3.63) is 81.5 Å². The van der Waals surface area contributed by atoms with Crippen LogP contribution in [0.15, 0.2) is 48.1 Å². The smallest absolute Gasteiger partial charge is 0.382 e. The van der Waals surface area contributed by atoms with Gasteiger partial charge in [-0.3, -0.25) is 14.5 Å². The van der Waals surface area contributed by atoms with E-state index in [-0.39, 0.29) is 41.3 Å². The van der Waals surface area contributed by atoms with Gasteiger partial charge in [0.1, 0.15) is 12.1 Å². The number of hydrogen-bond acceptors (Lipinski definition) is 8. The average molecular weight is 597 g/mol. The molecule has 1 saturated heterocycles. The van der Waals surface area contributed by atoms with Crippen LogP contribution in [-0.4, -0.2) is 64.2 Å². The Hall–Kier alpha value is -3.87. The van der Waals surface area contributed by atoms with E-state index in [0.29, 0.717) is 34.6 Å². The van der Waals surface area contributed by atoms with Gasteiger partial charge in [-0.15, -0.1) is 11.3 Å². The van der Waals surface area contributed by atoms with E-state index in [1.807, 2.05) is 4.90 Å². The van der Waals surface area contributed by atoms with E-state index in [1.165, 1.54) is 23.7 Å². The second kappa shape index (κ2) is 12.2. The molecule has 2 aromatic heterocycles. The Morgan fingerprint density at radius 3 is 2.50 bits per heavy atom. The number of aryl methyl sites for hydroxylation is 1. The molecule has 1 fully saturated rings. The SMILES string of the molecule is CCN1CCN(Cc2ccc(CC(=O)c3ccc(C)c(NC(=O)c4csc5c(N)ncnc45)c3)cc2C(F)(F)F)CC1. The number of halogens is 3. The number of carbonyl (C=O) groups is 2. The Labute approximate surface area is 245 Å². The van der Waals surface area contributed by atoms with Crippen LogP contribution in [0, 0.1) is 6.92 Å².